The van der Waals surface area contributed by atoms with Crippen LogP contribution in [-0.4, -0.2) is 63.4 Å². The van der Waals surface area contributed by atoms with Crippen molar-refractivity contribution >= 4 is 11.8 Å². The highest BCUT2D eigenvalue weighted by atomic mass is 16.7. The van der Waals surface area contributed by atoms with Crippen LogP contribution in [0.5, 0.6) is 0 Å². The van der Waals surface area contributed by atoms with E-state index in [1.807, 2.05) is 0 Å². The smallest absolute Gasteiger partial charge is 0.309 e. The molecule has 2 aliphatic heterocycles. The number of rotatable bonds is 3. The Labute approximate surface area is 179 Å². The Bertz CT molecular complexity index is 789. The van der Waals surface area contributed by atoms with Gasteiger partial charge in [-0.2, -0.15) is 0 Å². The number of ether oxygens (including phenoxy) is 3. The maximum Gasteiger partial charge on any atom is 0.309 e. The number of hydrogen-bond donors (Lipinski definition) is 0. The average Bonchev–Trinajstić information content (AvgIpc) is 3.23. The van der Waals surface area contributed by atoms with E-state index >= 15 is 0 Å². The molecule has 166 valence electrons. The van der Waals surface area contributed by atoms with Crippen LogP contribution in [0.3, 0.4) is 0 Å². The summed E-state index contributed by atoms with van der Waals surface area (Å²) in [5, 5.41) is 0. The minimum atomic E-state index is -0.503. The summed E-state index contributed by atoms with van der Waals surface area (Å²) < 4.78 is 17.6. The Hall–Kier alpha value is -1.24. The van der Waals surface area contributed by atoms with Crippen molar-refractivity contribution in [2.75, 3.05) is 41.0 Å². The molecule has 2 bridgehead atoms. The summed E-state index contributed by atoms with van der Waals surface area (Å²) in [5.74, 6) is -0.128. The summed E-state index contributed by atoms with van der Waals surface area (Å²) >= 11 is 0. The number of likely N-dealkylation sites (tertiary alicyclic amines) is 1. The summed E-state index contributed by atoms with van der Waals surface area (Å²) in [6.45, 7) is 4.70. The number of allylic oxidation sites excluding steroid dienone is 1. The molecule has 3 aliphatic carbocycles. The van der Waals surface area contributed by atoms with Crippen molar-refractivity contribution in [3.05, 3.63) is 11.1 Å². The molecule has 0 aromatic rings. The van der Waals surface area contributed by atoms with Crippen molar-refractivity contribution < 1.29 is 23.8 Å². The first-order valence-corrected chi connectivity index (χ1v) is 11.6. The first kappa shape index (κ1) is 20.7. The van der Waals surface area contributed by atoms with E-state index in [0.29, 0.717) is 18.9 Å². The van der Waals surface area contributed by atoms with Crippen molar-refractivity contribution in [3.8, 4) is 0 Å². The molecular weight excluding hydrogens is 382 g/mol. The zero-order valence-electron chi connectivity index (χ0n) is 18.8. The molecule has 6 nitrogen and oxygen atoms in total. The second-order valence-electron chi connectivity index (χ2n) is 10.4. The van der Waals surface area contributed by atoms with Crippen LogP contribution in [0.4, 0.5) is 0 Å². The second kappa shape index (κ2) is 6.88. The Balaban J connectivity index is 1.65. The third kappa shape index (κ3) is 2.47. The van der Waals surface area contributed by atoms with Crippen LogP contribution in [0.1, 0.15) is 51.9 Å². The number of piperidine rings is 1. The van der Waals surface area contributed by atoms with E-state index in [4.69, 9.17) is 14.2 Å². The van der Waals surface area contributed by atoms with Crippen LogP contribution in [0.25, 0.3) is 0 Å². The topological polar surface area (TPSA) is 65.1 Å². The van der Waals surface area contributed by atoms with Crippen LogP contribution >= 0.6 is 0 Å². The molecular formula is C24H35NO5. The standard InChI is InChI=1S/C24H35NO5/c1-5-24(29-4)9-8-22(14-30-24)15-6-7-16-19(26)10-17-18(21(27)28-3)11-23(22,20(16)17)13-25(2)12-15/h15,17-18H,5-14H2,1-4H3/t15-,17-,18-,22?,23-,24+/m1/s1. The monoisotopic (exact) mass is 417 g/mol. The number of nitrogens with zero attached hydrogens (tertiary/aromatic N) is 1. The lowest BCUT2D eigenvalue weighted by molar-refractivity contribution is -0.294. The van der Waals surface area contributed by atoms with Gasteiger partial charge in [0.05, 0.1) is 19.6 Å². The molecule has 2 spiro atoms. The van der Waals surface area contributed by atoms with Gasteiger partial charge in [0, 0.05) is 49.8 Å². The molecule has 5 aliphatic rings. The van der Waals surface area contributed by atoms with Crippen molar-refractivity contribution in [3.63, 3.8) is 0 Å². The van der Waals surface area contributed by atoms with E-state index in [1.54, 1.807) is 7.11 Å². The molecule has 2 saturated heterocycles. The molecule has 0 radical (unpaired) electrons. The second-order valence-corrected chi connectivity index (χ2v) is 10.4. The number of carbonyl (C=O) groups is 2. The molecule has 3 fully saturated rings. The maximum atomic E-state index is 13.1. The Morgan fingerprint density at radius 1 is 1.30 bits per heavy atom. The third-order valence-electron chi connectivity index (χ3n) is 9.52. The largest absolute Gasteiger partial charge is 0.469 e. The highest BCUT2D eigenvalue weighted by Crippen LogP contribution is 2.71. The highest BCUT2D eigenvalue weighted by molar-refractivity contribution is 6.01. The zero-order valence-corrected chi connectivity index (χ0v) is 18.8. The van der Waals surface area contributed by atoms with Gasteiger partial charge in [0.15, 0.2) is 11.6 Å². The average molecular weight is 418 g/mol. The first-order chi connectivity index (χ1) is 14.4. The van der Waals surface area contributed by atoms with Crippen molar-refractivity contribution in [2.24, 2.45) is 28.6 Å². The van der Waals surface area contributed by atoms with Gasteiger partial charge in [-0.15, -0.1) is 0 Å². The van der Waals surface area contributed by atoms with Gasteiger partial charge < -0.3 is 19.1 Å². The summed E-state index contributed by atoms with van der Waals surface area (Å²) in [4.78, 5) is 28.3. The molecule has 0 amide bonds. The van der Waals surface area contributed by atoms with Gasteiger partial charge in [-0.1, -0.05) is 12.5 Å². The van der Waals surface area contributed by atoms with E-state index < -0.39 is 5.79 Å². The lowest BCUT2D eigenvalue weighted by Crippen LogP contribution is -2.64. The van der Waals surface area contributed by atoms with E-state index in [2.05, 4.69) is 18.9 Å². The van der Waals surface area contributed by atoms with Crippen LogP contribution in [-0.2, 0) is 23.8 Å². The van der Waals surface area contributed by atoms with Gasteiger partial charge in [-0.05, 0) is 50.6 Å². The molecule has 0 aromatic heterocycles. The fraction of sp³-hybridized carbons (Fsp3) is 0.833. The Morgan fingerprint density at radius 2 is 2.10 bits per heavy atom. The summed E-state index contributed by atoms with van der Waals surface area (Å²) in [7, 11) is 5.42. The minimum absolute atomic E-state index is 0.0161. The molecule has 2 heterocycles. The normalized spacial score (nSPS) is 45.6. The van der Waals surface area contributed by atoms with Crippen LogP contribution in [0, 0.1) is 28.6 Å². The molecule has 1 unspecified atom stereocenters. The van der Waals surface area contributed by atoms with Gasteiger partial charge in [-0.3, -0.25) is 9.59 Å². The van der Waals surface area contributed by atoms with E-state index in [9.17, 15) is 9.59 Å². The van der Waals surface area contributed by atoms with Crippen LogP contribution < -0.4 is 0 Å². The predicted molar refractivity (Wildman–Crippen MR) is 111 cm³/mol. The molecule has 5 rings (SSSR count). The number of esters is 1. The quantitative estimate of drug-likeness (QED) is 0.658. The van der Waals surface area contributed by atoms with Crippen LogP contribution in [0.2, 0.25) is 0 Å². The highest BCUT2D eigenvalue weighted by Gasteiger charge is 2.70. The molecule has 30 heavy (non-hydrogen) atoms. The van der Waals surface area contributed by atoms with Crippen molar-refractivity contribution in [1.82, 2.24) is 4.90 Å². The van der Waals surface area contributed by atoms with E-state index in [1.165, 1.54) is 12.7 Å². The van der Waals surface area contributed by atoms with Crippen molar-refractivity contribution in [2.45, 2.75) is 57.7 Å². The molecule has 1 saturated carbocycles. The van der Waals surface area contributed by atoms with E-state index in [0.717, 1.165) is 57.2 Å². The number of ketones is 1. The third-order valence-corrected chi connectivity index (χ3v) is 9.52. The van der Waals surface area contributed by atoms with Crippen molar-refractivity contribution in [1.29, 1.82) is 0 Å². The van der Waals surface area contributed by atoms with Gasteiger partial charge in [0.1, 0.15) is 0 Å². The SMILES string of the molecule is CC[C@@]1(OC)CCC2(CO1)[C@@H]1CCC3=C4[C@H](CC3=O)[C@H](C(=O)OC)C[C@@]42CN(C)C1. The minimum Gasteiger partial charge on any atom is -0.469 e. The van der Waals surface area contributed by atoms with Gasteiger partial charge >= 0.3 is 5.97 Å². The Kier molecular flexibility index (Phi) is 4.73. The molecule has 0 aromatic carbocycles. The van der Waals surface area contributed by atoms with Gasteiger partial charge in [-0.25, -0.2) is 0 Å². The number of Topliss-reactive ketones (excluding diaryl/α,β-unsaturated/α-hetero) is 1. The molecule has 0 N–H and O–H groups in total. The molecule has 6 heteroatoms. The fourth-order valence-corrected chi connectivity index (χ4v) is 8.12. The number of methoxy groups -OCH3 is 2. The molecule has 6 atom stereocenters. The fourth-order valence-electron chi connectivity index (χ4n) is 8.12. The van der Waals surface area contributed by atoms with E-state index in [-0.39, 0.29) is 34.4 Å². The Morgan fingerprint density at radius 3 is 2.73 bits per heavy atom. The summed E-state index contributed by atoms with van der Waals surface area (Å²) in [5.41, 5.74) is 2.13. The lowest BCUT2D eigenvalue weighted by Gasteiger charge is -2.62. The van der Waals surface area contributed by atoms with Gasteiger partial charge in [0.2, 0.25) is 0 Å². The zero-order chi connectivity index (χ0) is 21.3. The lowest BCUT2D eigenvalue weighted by atomic mass is 9.50. The number of hydrogen-bond acceptors (Lipinski definition) is 6. The summed E-state index contributed by atoms with van der Waals surface area (Å²) in [6, 6.07) is 0. The van der Waals surface area contributed by atoms with Crippen LogP contribution in [0.15, 0.2) is 11.1 Å². The van der Waals surface area contributed by atoms with Gasteiger partial charge in [0.25, 0.3) is 0 Å². The summed E-state index contributed by atoms with van der Waals surface area (Å²) in [6.07, 6.45) is 5.87. The first-order valence-electron chi connectivity index (χ1n) is 11.6. The predicted octanol–water partition coefficient (Wildman–Crippen LogP) is 2.96. The maximum absolute atomic E-state index is 13.1. The number of carbonyl (C=O) groups excluding carboxylic acids is 2.